The van der Waals surface area contributed by atoms with Crippen LogP contribution in [0.3, 0.4) is 0 Å². The van der Waals surface area contributed by atoms with Crippen molar-refractivity contribution in [3.05, 3.63) is 47.0 Å². The first-order chi connectivity index (χ1) is 9.61. The summed E-state index contributed by atoms with van der Waals surface area (Å²) in [7, 11) is 0. The van der Waals surface area contributed by atoms with Crippen LogP contribution in [0.5, 0.6) is 0 Å². The monoisotopic (exact) mass is 292 g/mol. The van der Waals surface area contributed by atoms with Gasteiger partial charge in [-0.15, -0.1) is 0 Å². The van der Waals surface area contributed by atoms with E-state index in [9.17, 15) is 0 Å². The maximum Gasteiger partial charge on any atom is 0.0762 e. The average Bonchev–Trinajstić information content (AvgIpc) is 2.88. The molecular formula is C15H21ClN4. The lowest BCUT2D eigenvalue weighted by Gasteiger charge is -2.17. The molecule has 2 aromatic heterocycles. The lowest BCUT2D eigenvalue weighted by molar-refractivity contribution is 0.502. The maximum atomic E-state index is 6.25. The van der Waals surface area contributed by atoms with Crippen molar-refractivity contribution in [2.75, 3.05) is 6.54 Å². The summed E-state index contributed by atoms with van der Waals surface area (Å²) in [6, 6.07) is 6.24. The molecule has 0 aliphatic rings. The van der Waals surface area contributed by atoms with Gasteiger partial charge in [0.1, 0.15) is 0 Å². The molecule has 4 nitrogen and oxygen atoms in total. The van der Waals surface area contributed by atoms with Gasteiger partial charge in [-0.1, -0.05) is 18.5 Å². The van der Waals surface area contributed by atoms with E-state index in [1.807, 2.05) is 23.0 Å². The molecule has 0 radical (unpaired) electrons. The predicted molar refractivity (Wildman–Crippen MR) is 82.0 cm³/mol. The molecule has 0 amide bonds. The van der Waals surface area contributed by atoms with Crippen molar-refractivity contribution in [2.24, 2.45) is 0 Å². The van der Waals surface area contributed by atoms with Crippen molar-refractivity contribution in [1.82, 2.24) is 20.1 Å². The third-order valence-electron chi connectivity index (χ3n) is 3.17. The van der Waals surface area contributed by atoms with Crippen LogP contribution >= 0.6 is 11.6 Å². The van der Waals surface area contributed by atoms with E-state index < -0.39 is 0 Å². The molecule has 0 bridgehead atoms. The smallest absolute Gasteiger partial charge is 0.0762 e. The number of pyridine rings is 1. The van der Waals surface area contributed by atoms with E-state index in [1.54, 1.807) is 6.20 Å². The van der Waals surface area contributed by atoms with Gasteiger partial charge in [-0.25, -0.2) is 0 Å². The highest BCUT2D eigenvalue weighted by molar-refractivity contribution is 6.31. The topological polar surface area (TPSA) is 42.7 Å². The highest BCUT2D eigenvalue weighted by Gasteiger charge is 2.17. The van der Waals surface area contributed by atoms with Crippen molar-refractivity contribution in [3.63, 3.8) is 0 Å². The summed E-state index contributed by atoms with van der Waals surface area (Å²) in [4.78, 5) is 4.41. The molecule has 1 N–H and O–H groups in total. The number of aromatic nitrogens is 3. The van der Waals surface area contributed by atoms with Crippen LogP contribution in [0.1, 0.15) is 44.2 Å². The summed E-state index contributed by atoms with van der Waals surface area (Å²) in [5.41, 5.74) is 1.93. The largest absolute Gasteiger partial charge is 0.309 e. The molecule has 2 rings (SSSR count). The van der Waals surface area contributed by atoms with E-state index in [2.05, 4.69) is 42.2 Å². The lowest BCUT2D eigenvalue weighted by Crippen LogP contribution is -2.24. The van der Waals surface area contributed by atoms with Gasteiger partial charge in [0.2, 0.25) is 0 Å². The Bertz CT molecular complexity index is 550. The minimum absolute atomic E-state index is 0.0872. The number of likely N-dealkylation sites (N-methyl/N-ethyl adjacent to an activating group) is 1. The molecule has 0 spiro atoms. The Balaban J connectivity index is 2.19. The Kier molecular flexibility index (Phi) is 5.15. The van der Waals surface area contributed by atoms with Crippen molar-refractivity contribution < 1.29 is 0 Å². The number of rotatable bonds is 6. The van der Waals surface area contributed by atoms with Crippen molar-refractivity contribution >= 4 is 11.6 Å². The summed E-state index contributed by atoms with van der Waals surface area (Å²) in [5, 5.41) is 8.72. The average molecular weight is 293 g/mol. The zero-order chi connectivity index (χ0) is 14.5. The highest BCUT2D eigenvalue weighted by atomic mass is 35.5. The first-order valence-electron chi connectivity index (χ1n) is 6.99. The third-order valence-corrected chi connectivity index (χ3v) is 3.49. The fourth-order valence-electron chi connectivity index (χ4n) is 2.15. The van der Waals surface area contributed by atoms with E-state index in [1.165, 1.54) is 0 Å². The first kappa shape index (κ1) is 15.0. The predicted octanol–water partition coefficient (Wildman–Crippen LogP) is 3.41. The first-order valence-corrected chi connectivity index (χ1v) is 7.37. The van der Waals surface area contributed by atoms with Crippen LogP contribution < -0.4 is 5.32 Å². The summed E-state index contributed by atoms with van der Waals surface area (Å²) in [5.74, 6) is 0. The lowest BCUT2D eigenvalue weighted by atomic mass is 10.1. The molecule has 0 saturated carbocycles. The van der Waals surface area contributed by atoms with Crippen molar-refractivity contribution in [2.45, 2.75) is 39.3 Å². The van der Waals surface area contributed by atoms with Crippen molar-refractivity contribution in [1.29, 1.82) is 0 Å². The number of nitrogens with one attached hydrogen (secondary N) is 1. The maximum absolute atomic E-state index is 6.25. The normalized spacial score (nSPS) is 12.8. The number of halogens is 1. The van der Waals surface area contributed by atoms with Gasteiger partial charge in [-0.05, 0) is 38.6 Å². The van der Waals surface area contributed by atoms with Crippen molar-refractivity contribution in [3.8, 4) is 0 Å². The van der Waals surface area contributed by atoms with Gasteiger partial charge < -0.3 is 5.32 Å². The molecule has 0 fully saturated rings. The molecule has 1 atom stereocenters. The molecular weight excluding hydrogens is 272 g/mol. The van der Waals surface area contributed by atoms with Gasteiger partial charge in [-0.2, -0.15) is 5.10 Å². The molecule has 108 valence electrons. The Labute approximate surface area is 125 Å². The van der Waals surface area contributed by atoms with Crippen LogP contribution in [0.2, 0.25) is 5.02 Å². The van der Waals surface area contributed by atoms with Crippen LogP contribution in [-0.4, -0.2) is 21.3 Å². The van der Waals surface area contributed by atoms with Crippen LogP contribution in [0, 0.1) is 0 Å². The fraction of sp³-hybridized carbons (Fsp3) is 0.467. The van der Waals surface area contributed by atoms with E-state index in [0.29, 0.717) is 11.1 Å². The van der Waals surface area contributed by atoms with Gasteiger partial charge in [0.25, 0.3) is 0 Å². The molecule has 0 aliphatic carbocycles. The summed E-state index contributed by atoms with van der Waals surface area (Å²) < 4.78 is 1.97. The zero-order valence-corrected chi connectivity index (χ0v) is 12.9. The van der Waals surface area contributed by atoms with E-state index in [-0.39, 0.29) is 6.04 Å². The Morgan fingerprint density at radius 2 is 2.15 bits per heavy atom. The second-order valence-corrected chi connectivity index (χ2v) is 5.47. The Morgan fingerprint density at radius 1 is 1.35 bits per heavy atom. The number of hydrogen-bond acceptors (Lipinski definition) is 3. The molecule has 2 heterocycles. The SMILES string of the molecule is CCNC(Cc1ccn(C(C)C)n1)c1ncccc1Cl. The Hall–Kier alpha value is -1.39. The molecule has 5 heteroatoms. The van der Waals surface area contributed by atoms with E-state index in [0.717, 1.165) is 24.4 Å². The van der Waals surface area contributed by atoms with Gasteiger partial charge in [0, 0.05) is 24.9 Å². The van der Waals surface area contributed by atoms with Gasteiger partial charge in [0.15, 0.2) is 0 Å². The summed E-state index contributed by atoms with van der Waals surface area (Å²) >= 11 is 6.25. The molecule has 0 saturated heterocycles. The quantitative estimate of drug-likeness (QED) is 0.887. The molecule has 0 aliphatic heterocycles. The minimum atomic E-state index is 0.0872. The van der Waals surface area contributed by atoms with E-state index in [4.69, 9.17) is 11.6 Å². The van der Waals surface area contributed by atoms with Crippen LogP contribution in [-0.2, 0) is 6.42 Å². The van der Waals surface area contributed by atoms with Gasteiger partial charge in [-0.3, -0.25) is 9.67 Å². The fourth-order valence-corrected chi connectivity index (χ4v) is 2.40. The third kappa shape index (κ3) is 3.58. The van der Waals surface area contributed by atoms with Gasteiger partial charge >= 0.3 is 0 Å². The van der Waals surface area contributed by atoms with Crippen LogP contribution in [0.25, 0.3) is 0 Å². The zero-order valence-electron chi connectivity index (χ0n) is 12.2. The van der Waals surface area contributed by atoms with Gasteiger partial charge in [0.05, 0.1) is 22.5 Å². The second-order valence-electron chi connectivity index (χ2n) is 5.07. The van der Waals surface area contributed by atoms with Crippen LogP contribution in [0.15, 0.2) is 30.6 Å². The second kappa shape index (κ2) is 6.86. The minimum Gasteiger partial charge on any atom is -0.309 e. The molecule has 20 heavy (non-hydrogen) atoms. The highest BCUT2D eigenvalue weighted by Crippen LogP contribution is 2.23. The number of hydrogen-bond donors (Lipinski definition) is 1. The number of nitrogens with zero attached hydrogens (tertiary/aromatic N) is 3. The standard InChI is InChI=1S/C15H21ClN4/c1-4-17-14(15-13(16)6-5-8-18-15)10-12-7-9-20(19-12)11(2)3/h5-9,11,14,17H,4,10H2,1-3H3. The van der Waals surface area contributed by atoms with Crippen LogP contribution in [0.4, 0.5) is 0 Å². The Morgan fingerprint density at radius 3 is 2.75 bits per heavy atom. The molecule has 2 aromatic rings. The molecule has 0 aromatic carbocycles. The summed E-state index contributed by atoms with van der Waals surface area (Å²) in [6.07, 6.45) is 4.57. The summed E-state index contributed by atoms with van der Waals surface area (Å²) in [6.45, 7) is 7.18. The van der Waals surface area contributed by atoms with E-state index >= 15 is 0 Å². The molecule has 1 unspecified atom stereocenters.